The first-order chi connectivity index (χ1) is 13.9. The van der Waals surface area contributed by atoms with Crippen LogP contribution in [-0.2, 0) is 25.7 Å². The summed E-state index contributed by atoms with van der Waals surface area (Å²) >= 11 is 0. The normalized spacial score (nSPS) is 17.4. The van der Waals surface area contributed by atoms with Crippen LogP contribution in [0.4, 0.5) is 13.2 Å². The van der Waals surface area contributed by atoms with Crippen molar-refractivity contribution < 1.29 is 31.1 Å². The lowest BCUT2D eigenvalue weighted by Gasteiger charge is -2.22. The van der Waals surface area contributed by atoms with E-state index in [4.69, 9.17) is 4.74 Å². The number of sulfonamides is 1. The standard InChI is InChI=1S/C17H18F3N3O6S/c1-3-14(24)23(30(2,27)28)22-15(25)10-7-9(13-5-4-6-29-13)11(17(18,19)20)8-12(10)21-16(22)26/h7-8,13H,3-6H2,1-2H3,(H,21,26)/t13-/m1/s1. The molecule has 1 aliphatic heterocycles. The Bertz CT molecular complexity index is 1230. The van der Waals surface area contributed by atoms with E-state index in [1.54, 1.807) is 0 Å². The van der Waals surface area contributed by atoms with Gasteiger partial charge in [0, 0.05) is 13.0 Å². The van der Waals surface area contributed by atoms with Crippen molar-refractivity contribution in [3.63, 3.8) is 0 Å². The van der Waals surface area contributed by atoms with Gasteiger partial charge >= 0.3 is 11.9 Å². The van der Waals surface area contributed by atoms with Crippen LogP contribution >= 0.6 is 0 Å². The summed E-state index contributed by atoms with van der Waals surface area (Å²) in [6.45, 7) is 1.58. The molecule has 1 N–H and O–H groups in total. The Morgan fingerprint density at radius 1 is 1.33 bits per heavy atom. The maximum absolute atomic E-state index is 13.6. The summed E-state index contributed by atoms with van der Waals surface area (Å²) < 4.78 is 70.3. The molecular formula is C17H18F3N3O6S. The smallest absolute Gasteiger partial charge is 0.374 e. The Balaban J connectivity index is 2.38. The van der Waals surface area contributed by atoms with E-state index in [0.717, 1.165) is 6.07 Å². The van der Waals surface area contributed by atoms with Crippen molar-refractivity contribution in [3.8, 4) is 0 Å². The van der Waals surface area contributed by atoms with E-state index >= 15 is 0 Å². The lowest BCUT2D eigenvalue weighted by molar-refractivity contribution is -0.139. The van der Waals surface area contributed by atoms with Gasteiger partial charge < -0.3 is 9.72 Å². The third kappa shape index (κ3) is 3.86. The molecule has 13 heteroatoms. The molecule has 2 heterocycles. The van der Waals surface area contributed by atoms with Crippen molar-refractivity contribution in [3.05, 3.63) is 44.1 Å². The van der Waals surface area contributed by atoms with E-state index in [-0.39, 0.29) is 33.1 Å². The molecule has 1 fully saturated rings. The molecule has 0 radical (unpaired) electrons. The fourth-order valence-corrected chi connectivity index (χ4v) is 4.30. The molecule has 0 spiro atoms. The highest BCUT2D eigenvalue weighted by Gasteiger charge is 2.37. The van der Waals surface area contributed by atoms with Crippen LogP contribution in [0.25, 0.3) is 10.9 Å². The van der Waals surface area contributed by atoms with Crippen molar-refractivity contribution in [2.24, 2.45) is 0 Å². The number of nitrogens with one attached hydrogen (secondary N) is 1. The van der Waals surface area contributed by atoms with Crippen molar-refractivity contribution >= 4 is 26.8 Å². The predicted octanol–water partition coefficient (Wildman–Crippen LogP) is 1.39. The maximum atomic E-state index is 13.6. The molecule has 1 saturated heterocycles. The van der Waals surface area contributed by atoms with Crippen LogP contribution in [0.3, 0.4) is 0 Å². The Morgan fingerprint density at radius 2 is 2.00 bits per heavy atom. The van der Waals surface area contributed by atoms with Crippen LogP contribution in [0.5, 0.6) is 0 Å². The average molecular weight is 449 g/mol. The number of aromatic amines is 1. The number of carbonyl (C=O) groups is 1. The second-order valence-corrected chi connectivity index (χ2v) is 8.60. The fraction of sp³-hybridized carbons (Fsp3) is 0.471. The van der Waals surface area contributed by atoms with E-state index < -0.39 is 50.5 Å². The van der Waals surface area contributed by atoms with Crippen LogP contribution < -0.4 is 15.7 Å². The molecule has 9 nitrogen and oxygen atoms in total. The molecular weight excluding hydrogens is 431 g/mol. The highest BCUT2D eigenvalue weighted by Crippen LogP contribution is 2.40. The van der Waals surface area contributed by atoms with E-state index in [9.17, 15) is 36.0 Å². The number of amides is 1. The van der Waals surface area contributed by atoms with Gasteiger partial charge in [0.25, 0.3) is 21.5 Å². The van der Waals surface area contributed by atoms with Gasteiger partial charge in [-0.3, -0.25) is 9.59 Å². The number of hydrogen-bond acceptors (Lipinski definition) is 6. The summed E-state index contributed by atoms with van der Waals surface area (Å²) in [7, 11) is -4.38. The number of nitrogens with zero attached hydrogens (tertiary/aromatic N) is 2. The summed E-state index contributed by atoms with van der Waals surface area (Å²) in [5.74, 6) is -1.06. The number of rotatable bonds is 4. The SMILES string of the molecule is CCC(=O)N(n1c(=O)[nH]c2cc(C(F)(F)F)c([C@H]3CCCO3)cc2c1=O)S(C)(=O)=O. The molecule has 2 aromatic rings. The molecule has 0 bridgehead atoms. The molecule has 0 unspecified atom stereocenters. The van der Waals surface area contributed by atoms with Crippen molar-refractivity contribution in [2.45, 2.75) is 38.5 Å². The van der Waals surface area contributed by atoms with Gasteiger partial charge in [-0.15, -0.1) is 9.09 Å². The number of ether oxygens (including phenoxy) is 1. The van der Waals surface area contributed by atoms with Gasteiger partial charge in [-0.2, -0.15) is 13.2 Å². The Hall–Kier alpha value is -2.67. The zero-order valence-electron chi connectivity index (χ0n) is 15.9. The van der Waals surface area contributed by atoms with Gasteiger partial charge in [-0.25, -0.2) is 13.2 Å². The highest BCUT2D eigenvalue weighted by molar-refractivity contribution is 7.92. The minimum atomic E-state index is -4.78. The van der Waals surface area contributed by atoms with Gasteiger partial charge in [0.1, 0.15) is 0 Å². The first kappa shape index (κ1) is 22.0. The number of fused-ring (bicyclic) bond motifs is 1. The quantitative estimate of drug-likeness (QED) is 0.754. The second-order valence-electron chi connectivity index (χ2n) is 6.78. The number of hydrogen-bond donors (Lipinski definition) is 1. The summed E-state index contributed by atoms with van der Waals surface area (Å²) in [5, 5.41) is -0.384. The minimum absolute atomic E-state index is 0.0109. The monoisotopic (exact) mass is 449 g/mol. The first-order valence-corrected chi connectivity index (χ1v) is 10.8. The van der Waals surface area contributed by atoms with Crippen LogP contribution in [0.15, 0.2) is 21.7 Å². The molecule has 1 aromatic heterocycles. The molecule has 1 amide bonds. The molecule has 1 aromatic carbocycles. The van der Waals surface area contributed by atoms with E-state index in [1.165, 1.54) is 6.92 Å². The molecule has 0 saturated carbocycles. The van der Waals surface area contributed by atoms with Crippen LogP contribution in [-0.4, -0.2) is 36.8 Å². The zero-order chi connectivity index (χ0) is 22.4. The number of benzene rings is 1. The molecule has 164 valence electrons. The average Bonchev–Trinajstić information content (AvgIpc) is 3.16. The number of carbonyl (C=O) groups excluding carboxylic acids is 1. The van der Waals surface area contributed by atoms with Gasteiger partial charge in [0.15, 0.2) is 0 Å². The van der Waals surface area contributed by atoms with Crippen molar-refractivity contribution in [2.75, 3.05) is 17.3 Å². The summed E-state index contributed by atoms with van der Waals surface area (Å²) in [5.41, 5.74) is -4.41. The summed E-state index contributed by atoms with van der Waals surface area (Å²) in [6.07, 6.45) is -4.57. The number of aromatic nitrogens is 2. The Morgan fingerprint density at radius 3 is 2.50 bits per heavy atom. The topological polar surface area (TPSA) is 119 Å². The highest BCUT2D eigenvalue weighted by atomic mass is 32.2. The van der Waals surface area contributed by atoms with Gasteiger partial charge in [0.2, 0.25) is 0 Å². The second kappa shape index (κ2) is 7.54. The summed E-state index contributed by atoms with van der Waals surface area (Å²) in [4.78, 5) is 39.6. The predicted molar refractivity (Wildman–Crippen MR) is 100 cm³/mol. The molecule has 1 aliphatic rings. The third-order valence-corrected chi connectivity index (χ3v) is 5.64. The van der Waals surface area contributed by atoms with E-state index in [0.29, 0.717) is 25.2 Å². The molecule has 30 heavy (non-hydrogen) atoms. The Labute approximate surface area is 168 Å². The minimum Gasteiger partial charge on any atom is -0.374 e. The van der Waals surface area contributed by atoms with E-state index in [1.807, 2.05) is 0 Å². The van der Waals surface area contributed by atoms with Gasteiger partial charge in [0.05, 0.1) is 28.8 Å². The van der Waals surface area contributed by atoms with Crippen LogP contribution in [0.1, 0.15) is 43.4 Å². The van der Waals surface area contributed by atoms with Gasteiger partial charge in [-0.1, -0.05) is 6.92 Å². The fourth-order valence-electron chi connectivity index (χ4n) is 3.35. The molecule has 3 rings (SSSR count). The van der Waals surface area contributed by atoms with Crippen molar-refractivity contribution in [1.29, 1.82) is 0 Å². The van der Waals surface area contributed by atoms with Gasteiger partial charge in [-0.05, 0) is 30.5 Å². The first-order valence-electron chi connectivity index (χ1n) is 8.91. The number of alkyl halides is 3. The maximum Gasteiger partial charge on any atom is 0.416 e. The Kier molecular flexibility index (Phi) is 5.54. The number of halogens is 3. The number of H-pyrrole nitrogens is 1. The third-order valence-electron chi connectivity index (χ3n) is 4.64. The lowest BCUT2D eigenvalue weighted by Crippen LogP contribution is -2.55. The van der Waals surface area contributed by atoms with Crippen molar-refractivity contribution in [1.82, 2.24) is 9.66 Å². The summed E-state index contributed by atoms with van der Waals surface area (Å²) in [6, 6.07) is 1.55. The molecule has 0 aliphatic carbocycles. The lowest BCUT2D eigenvalue weighted by atomic mass is 9.97. The molecule has 1 atom stereocenters. The zero-order valence-corrected chi connectivity index (χ0v) is 16.8. The largest absolute Gasteiger partial charge is 0.416 e. The van der Waals surface area contributed by atoms with Crippen LogP contribution in [0.2, 0.25) is 0 Å². The van der Waals surface area contributed by atoms with E-state index in [2.05, 4.69) is 4.98 Å². The van der Waals surface area contributed by atoms with Crippen LogP contribution in [0, 0.1) is 0 Å².